The van der Waals surface area contributed by atoms with Crippen LogP contribution in [0.25, 0.3) is 10.2 Å². The number of anilines is 1. The van der Waals surface area contributed by atoms with Gasteiger partial charge in [0.15, 0.2) is 4.80 Å². The number of benzene rings is 1. The first-order chi connectivity index (χ1) is 18.7. The highest BCUT2D eigenvalue weighted by Gasteiger charge is 2.28. The number of ether oxygens (including phenoxy) is 3. The number of nitrogens with one attached hydrogen (secondary N) is 1. The summed E-state index contributed by atoms with van der Waals surface area (Å²) in [5, 5.41) is 3.24. The first kappa shape index (κ1) is 28.5. The molecule has 0 saturated heterocycles. The Morgan fingerprint density at radius 1 is 1.00 bits per heavy atom. The third-order valence-corrected chi connectivity index (χ3v) is 9.03. The van der Waals surface area contributed by atoms with Crippen molar-refractivity contribution in [3.8, 4) is 0 Å². The first-order valence-electron chi connectivity index (χ1n) is 11.7. The van der Waals surface area contributed by atoms with Crippen LogP contribution in [0.15, 0.2) is 23.2 Å². The smallest absolute Gasteiger partial charge is 0.341 e. The minimum atomic E-state index is -0.530. The Bertz CT molecular complexity index is 1540. The van der Waals surface area contributed by atoms with Crippen molar-refractivity contribution in [2.75, 3.05) is 38.2 Å². The van der Waals surface area contributed by atoms with Crippen LogP contribution in [-0.4, -0.2) is 67.1 Å². The largest absolute Gasteiger partial charge is 0.468 e. The van der Waals surface area contributed by atoms with E-state index >= 15 is 0 Å². The van der Waals surface area contributed by atoms with Crippen LogP contribution in [0.4, 0.5) is 5.00 Å². The number of esters is 3. The fraction of sp³-hybridized carbons (Fsp3) is 0.360. The van der Waals surface area contributed by atoms with Crippen molar-refractivity contribution < 1.29 is 38.2 Å². The van der Waals surface area contributed by atoms with Gasteiger partial charge in [-0.2, -0.15) is 4.99 Å². The van der Waals surface area contributed by atoms with Crippen molar-refractivity contribution in [1.29, 1.82) is 0 Å². The average Bonchev–Trinajstić information content (AvgIpc) is 3.60. The molecule has 2 heterocycles. The molecule has 3 aromatic rings. The summed E-state index contributed by atoms with van der Waals surface area (Å²) in [7, 11) is 3.84. The number of thioether (sulfide) groups is 1. The predicted octanol–water partition coefficient (Wildman–Crippen LogP) is 2.80. The second-order valence-corrected chi connectivity index (χ2v) is 11.4. The molecule has 0 radical (unpaired) electrons. The maximum Gasteiger partial charge on any atom is 0.341 e. The minimum Gasteiger partial charge on any atom is -0.468 e. The molecule has 0 saturated carbocycles. The average molecular weight is 592 g/mol. The van der Waals surface area contributed by atoms with E-state index in [1.165, 1.54) is 37.2 Å². The van der Waals surface area contributed by atoms with Crippen molar-refractivity contribution in [1.82, 2.24) is 4.57 Å². The van der Waals surface area contributed by atoms with E-state index in [9.17, 15) is 24.0 Å². The number of rotatable bonds is 9. The van der Waals surface area contributed by atoms with Crippen LogP contribution in [0.5, 0.6) is 0 Å². The van der Waals surface area contributed by atoms with E-state index in [-0.39, 0.29) is 28.8 Å². The lowest BCUT2D eigenvalue weighted by Crippen LogP contribution is -2.23. The number of aromatic nitrogens is 1. The Morgan fingerprint density at radius 3 is 2.49 bits per heavy atom. The second-order valence-electron chi connectivity index (χ2n) is 8.32. The Kier molecular flexibility index (Phi) is 9.20. The molecule has 4 rings (SSSR count). The Morgan fingerprint density at radius 2 is 1.77 bits per heavy atom. The molecular formula is C25H25N3O8S3. The van der Waals surface area contributed by atoms with Gasteiger partial charge >= 0.3 is 17.9 Å². The topological polar surface area (TPSA) is 142 Å². The van der Waals surface area contributed by atoms with Gasteiger partial charge in [0.2, 0.25) is 5.91 Å². The zero-order valence-electron chi connectivity index (χ0n) is 21.4. The molecule has 0 fully saturated rings. The van der Waals surface area contributed by atoms with E-state index in [1.54, 1.807) is 18.2 Å². The van der Waals surface area contributed by atoms with Gasteiger partial charge in [-0.15, -0.1) is 23.1 Å². The maximum absolute atomic E-state index is 12.7. The summed E-state index contributed by atoms with van der Waals surface area (Å²) < 4.78 is 16.6. The molecule has 0 atom stereocenters. The Labute approximate surface area is 235 Å². The Hall–Kier alpha value is -3.49. The number of thiazole rings is 1. The van der Waals surface area contributed by atoms with Gasteiger partial charge in [-0.05, 0) is 43.0 Å². The zero-order valence-corrected chi connectivity index (χ0v) is 23.8. The highest BCUT2D eigenvalue weighted by molar-refractivity contribution is 8.00. The lowest BCUT2D eigenvalue weighted by atomic mass is 10.1. The number of nitrogens with zero attached hydrogens (tertiary/aromatic N) is 2. The van der Waals surface area contributed by atoms with Crippen molar-refractivity contribution >= 4 is 79.4 Å². The quantitative estimate of drug-likeness (QED) is 0.294. The molecule has 11 nitrogen and oxygen atoms in total. The molecule has 1 N–H and O–H groups in total. The highest BCUT2D eigenvalue weighted by Crippen LogP contribution is 2.39. The molecule has 2 amide bonds. The summed E-state index contributed by atoms with van der Waals surface area (Å²) in [5.41, 5.74) is 2.27. The molecular weight excluding hydrogens is 566 g/mol. The number of amides is 2. The molecule has 0 unspecified atom stereocenters. The second kappa shape index (κ2) is 12.6. The monoisotopic (exact) mass is 591 g/mol. The SMILES string of the molecule is COC(=O)Cn1c(=NC(=O)CSCC(=O)Nc2sc3c(c2C(=O)OC)CCC3)sc2cc(C(=O)OC)ccc21. The van der Waals surface area contributed by atoms with Gasteiger partial charge in [-0.1, -0.05) is 11.3 Å². The van der Waals surface area contributed by atoms with Crippen LogP contribution >= 0.6 is 34.4 Å². The van der Waals surface area contributed by atoms with Crippen molar-refractivity contribution in [3.05, 3.63) is 44.6 Å². The first-order valence-corrected chi connectivity index (χ1v) is 14.5. The zero-order chi connectivity index (χ0) is 28.1. The van der Waals surface area contributed by atoms with Crippen LogP contribution in [0, 0.1) is 0 Å². The van der Waals surface area contributed by atoms with E-state index in [4.69, 9.17) is 14.2 Å². The highest BCUT2D eigenvalue weighted by atomic mass is 32.2. The van der Waals surface area contributed by atoms with Crippen LogP contribution in [0.2, 0.25) is 0 Å². The summed E-state index contributed by atoms with van der Waals surface area (Å²) in [6.07, 6.45) is 2.60. The van der Waals surface area contributed by atoms with Gasteiger partial charge < -0.3 is 24.1 Å². The summed E-state index contributed by atoms with van der Waals surface area (Å²) in [6, 6.07) is 4.81. The number of carbonyl (C=O) groups excluding carboxylic acids is 5. The lowest BCUT2D eigenvalue weighted by molar-refractivity contribution is -0.141. The van der Waals surface area contributed by atoms with Gasteiger partial charge in [0.1, 0.15) is 11.5 Å². The molecule has 39 heavy (non-hydrogen) atoms. The maximum atomic E-state index is 12.7. The predicted molar refractivity (Wildman–Crippen MR) is 147 cm³/mol. The van der Waals surface area contributed by atoms with E-state index in [2.05, 4.69) is 10.3 Å². The molecule has 1 aliphatic rings. The van der Waals surface area contributed by atoms with E-state index in [0.717, 1.165) is 52.8 Å². The summed E-state index contributed by atoms with van der Waals surface area (Å²) in [4.78, 5) is 66.9. The number of aryl methyl sites for hydroxylation is 1. The third kappa shape index (κ3) is 6.40. The number of fused-ring (bicyclic) bond motifs is 2. The van der Waals surface area contributed by atoms with Crippen molar-refractivity contribution in [2.24, 2.45) is 4.99 Å². The summed E-state index contributed by atoms with van der Waals surface area (Å²) >= 11 is 3.59. The van der Waals surface area contributed by atoms with Gasteiger partial charge in [-0.25, -0.2) is 9.59 Å². The van der Waals surface area contributed by atoms with Crippen molar-refractivity contribution in [2.45, 2.75) is 25.8 Å². The standard InChI is InChI=1S/C25H25N3O8S3/c1-34-20(31)10-28-15-8-7-13(23(32)35-2)9-17(15)39-25(28)27-19(30)12-37-11-18(29)26-22-21(24(33)36-3)14-5-4-6-16(14)38-22/h7-9H,4-6,10-12H2,1-3H3,(H,26,29). The number of hydrogen-bond acceptors (Lipinski definition) is 11. The summed E-state index contributed by atoms with van der Waals surface area (Å²) in [5.74, 6) is -2.49. The van der Waals surface area contributed by atoms with Gasteiger partial charge in [0.05, 0.1) is 54.2 Å². The number of thiophene rings is 1. The molecule has 2 aromatic heterocycles. The number of carbonyl (C=O) groups is 5. The van der Waals surface area contributed by atoms with Crippen LogP contribution in [-0.2, 0) is 48.0 Å². The van der Waals surface area contributed by atoms with Crippen molar-refractivity contribution in [3.63, 3.8) is 0 Å². The number of methoxy groups -OCH3 is 3. The van der Waals surface area contributed by atoms with Gasteiger partial charge in [0.25, 0.3) is 5.91 Å². The minimum absolute atomic E-state index is 0.0263. The molecule has 0 spiro atoms. The van der Waals surface area contributed by atoms with Crippen LogP contribution in [0.1, 0.15) is 37.6 Å². The van der Waals surface area contributed by atoms with E-state index in [1.807, 2.05) is 0 Å². The molecule has 206 valence electrons. The molecule has 14 heteroatoms. The van der Waals surface area contributed by atoms with E-state index < -0.39 is 23.8 Å². The third-order valence-electron chi connectivity index (χ3n) is 5.86. The van der Waals surface area contributed by atoms with Crippen LogP contribution < -0.4 is 10.1 Å². The fourth-order valence-corrected chi connectivity index (χ4v) is 7.07. The fourth-order valence-electron chi connectivity index (χ4n) is 4.09. The lowest BCUT2D eigenvalue weighted by Gasteiger charge is -2.06. The van der Waals surface area contributed by atoms with Gasteiger partial charge in [0, 0.05) is 4.88 Å². The molecule has 0 aliphatic heterocycles. The normalized spacial score (nSPS) is 12.7. The van der Waals surface area contributed by atoms with Gasteiger partial charge in [-0.3, -0.25) is 14.4 Å². The molecule has 1 aromatic carbocycles. The molecule has 1 aliphatic carbocycles. The van der Waals surface area contributed by atoms with E-state index in [0.29, 0.717) is 26.3 Å². The summed E-state index contributed by atoms with van der Waals surface area (Å²) in [6.45, 7) is -0.178. The Balaban J connectivity index is 1.45. The number of hydrogen-bond donors (Lipinski definition) is 1. The molecule has 0 bridgehead atoms. The van der Waals surface area contributed by atoms with Crippen LogP contribution in [0.3, 0.4) is 0 Å².